The standard InChI is InChI=1S/C14H15IO2/c1-5-6-17-13-10(9-16)7-11(8-12(13)15)14(2,3)4/h1,7-9H,6H2,2-4H3. The predicted molar refractivity (Wildman–Crippen MR) is 77.6 cm³/mol. The summed E-state index contributed by atoms with van der Waals surface area (Å²) in [5.41, 5.74) is 1.66. The molecule has 0 N–H and O–H groups in total. The van der Waals surface area contributed by atoms with Gasteiger partial charge in [0.1, 0.15) is 12.4 Å². The van der Waals surface area contributed by atoms with Crippen LogP contribution in [0.15, 0.2) is 12.1 Å². The van der Waals surface area contributed by atoms with E-state index in [-0.39, 0.29) is 12.0 Å². The molecule has 1 aromatic rings. The second-order valence-electron chi connectivity index (χ2n) is 4.74. The normalized spacial score (nSPS) is 10.8. The third-order valence-electron chi connectivity index (χ3n) is 2.37. The first-order valence-electron chi connectivity index (χ1n) is 5.25. The van der Waals surface area contributed by atoms with Gasteiger partial charge in [0.2, 0.25) is 0 Å². The molecule has 0 bridgehead atoms. The summed E-state index contributed by atoms with van der Waals surface area (Å²) >= 11 is 2.16. The molecule has 0 radical (unpaired) electrons. The van der Waals surface area contributed by atoms with Gasteiger partial charge in [0.25, 0.3) is 0 Å². The molecule has 0 aromatic heterocycles. The molecule has 3 heteroatoms. The third-order valence-corrected chi connectivity index (χ3v) is 3.17. The maximum atomic E-state index is 11.1. The van der Waals surface area contributed by atoms with E-state index in [1.165, 1.54) is 0 Å². The van der Waals surface area contributed by atoms with Gasteiger partial charge in [-0.15, -0.1) is 6.42 Å². The van der Waals surface area contributed by atoms with Gasteiger partial charge in [-0.2, -0.15) is 0 Å². The molecule has 0 aliphatic carbocycles. The Kier molecular flexibility index (Phi) is 4.58. The van der Waals surface area contributed by atoms with Gasteiger partial charge in [-0.05, 0) is 45.7 Å². The number of aldehydes is 1. The number of benzene rings is 1. The molecule has 0 saturated carbocycles. The van der Waals surface area contributed by atoms with Gasteiger partial charge in [0, 0.05) is 0 Å². The molecule has 1 aromatic carbocycles. The van der Waals surface area contributed by atoms with Crippen molar-refractivity contribution in [1.82, 2.24) is 0 Å². The van der Waals surface area contributed by atoms with Gasteiger partial charge >= 0.3 is 0 Å². The summed E-state index contributed by atoms with van der Waals surface area (Å²) in [4.78, 5) is 11.1. The average molecular weight is 342 g/mol. The summed E-state index contributed by atoms with van der Waals surface area (Å²) in [6, 6.07) is 3.89. The van der Waals surface area contributed by atoms with Crippen LogP contribution >= 0.6 is 22.6 Å². The van der Waals surface area contributed by atoms with Crippen LogP contribution in [0.25, 0.3) is 0 Å². The fourth-order valence-corrected chi connectivity index (χ4v) is 2.20. The van der Waals surface area contributed by atoms with Crippen molar-refractivity contribution in [2.75, 3.05) is 6.61 Å². The van der Waals surface area contributed by atoms with Crippen molar-refractivity contribution in [2.45, 2.75) is 26.2 Å². The van der Waals surface area contributed by atoms with Crippen molar-refractivity contribution in [3.8, 4) is 18.1 Å². The Morgan fingerprint density at radius 1 is 1.47 bits per heavy atom. The highest BCUT2D eigenvalue weighted by molar-refractivity contribution is 14.1. The molecular weight excluding hydrogens is 327 g/mol. The summed E-state index contributed by atoms with van der Waals surface area (Å²) < 4.78 is 6.31. The maximum Gasteiger partial charge on any atom is 0.153 e. The number of hydrogen-bond donors (Lipinski definition) is 0. The number of ether oxygens (including phenoxy) is 1. The first kappa shape index (κ1) is 14.0. The van der Waals surface area contributed by atoms with Gasteiger partial charge in [-0.1, -0.05) is 26.7 Å². The molecule has 2 nitrogen and oxygen atoms in total. The molecule has 0 aliphatic heterocycles. The maximum absolute atomic E-state index is 11.1. The minimum Gasteiger partial charge on any atom is -0.479 e. The summed E-state index contributed by atoms with van der Waals surface area (Å²) in [5.74, 6) is 2.97. The van der Waals surface area contributed by atoms with E-state index in [2.05, 4.69) is 49.3 Å². The van der Waals surface area contributed by atoms with Crippen LogP contribution in [-0.4, -0.2) is 12.9 Å². The molecule has 17 heavy (non-hydrogen) atoms. The first-order chi connectivity index (χ1) is 7.90. The molecule has 0 heterocycles. The molecule has 0 aliphatic rings. The fourth-order valence-electron chi connectivity index (χ4n) is 1.40. The van der Waals surface area contributed by atoms with Gasteiger partial charge in [0.15, 0.2) is 6.29 Å². The van der Waals surface area contributed by atoms with Crippen LogP contribution in [0, 0.1) is 15.9 Å². The smallest absolute Gasteiger partial charge is 0.153 e. The quantitative estimate of drug-likeness (QED) is 0.478. The van der Waals surface area contributed by atoms with E-state index in [9.17, 15) is 4.79 Å². The Bertz CT molecular complexity index is 464. The van der Waals surface area contributed by atoms with Gasteiger partial charge in [-0.3, -0.25) is 4.79 Å². The topological polar surface area (TPSA) is 26.3 Å². The van der Waals surface area contributed by atoms with E-state index in [4.69, 9.17) is 11.2 Å². The Balaban J connectivity index is 3.27. The van der Waals surface area contributed by atoms with Crippen LogP contribution < -0.4 is 4.74 Å². The van der Waals surface area contributed by atoms with Crippen molar-refractivity contribution in [1.29, 1.82) is 0 Å². The predicted octanol–water partition coefficient (Wildman–Crippen LogP) is 3.41. The summed E-state index contributed by atoms with van der Waals surface area (Å²) in [7, 11) is 0. The molecule has 1 rings (SSSR count). The van der Waals surface area contributed by atoms with Crippen molar-refractivity contribution in [3.63, 3.8) is 0 Å². The van der Waals surface area contributed by atoms with Crippen LogP contribution in [0.4, 0.5) is 0 Å². The number of terminal acetylenes is 1. The largest absolute Gasteiger partial charge is 0.479 e. The van der Waals surface area contributed by atoms with E-state index >= 15 is 0 Å². The van der Waals surface area contributed by atoms with Gasteiger partial charge in [0.05, 0.1) is 9.13 Å². The number of hydrogen-bond acceptors (Lipinski definition) is 2. The van der Waals surface area contributed by atoms with E-state index in [0.29, 0.717) is 11.3 Å². The van der Waals surface area contributed by atoms with Crippen molar-refractivity contribution in [3.05, 3.63) is 26.8 Å². The van der Waals surface area contributed by atoms with E-state index < -0.39 is 0 Å². The molecule has 0 amide bonds. The monoisotopic (exact) mass is 342 g/mol. The number of halogens is 1. The van der Waals surface area contributed by atoms with Crippen molar-refractivity contribution < 1.29 is 9.53 Å². The van der Waals surface area contributed by atoms with Gasteiger partial charge in [-0.25, -0.2) is 0 Å². The van der Waals surface area contributed by atoms with Crippen LogP contribution in [0.3, 0.4) is 0 Å². The lowest BCUT2D eigenvalue weighted by Crippen LogP contribution is -2.13. The molecule has 0 saturated heterocycles. The summed E-state index contributed by atoms with van der Waals surface area (Å²) in [5, 5.41) is 0. The highest BCUT2D eigenvalue weighted by atomic mass is 127. The first-order valence-corrected chi connectivity index (χ1v) is 6.33. The van der Waals surface area contributed by atoms with Gasteiger partial charge < -0.3 is 4.74 Å². The lowest BCUT2D eigenvalue weighted by atomic mass is 9.86. The SMILES string of the molecule is C#CCOc1c(I)cc(C(C)(C)C)cc1C=O. The van der Waals surface area contributed by atoms with Crippen molar-refractivity contribution >= 4 is 28.9 Å². The van der Waals surface area contributed by atoms with Crippen LogP contribution in [0.5, 0.6) is 5.75 Å². The number of rotatable bonds is 3. The number of carbonyl (C=O) groups is 1. The van der Waals surface area contributed by atoms with Crippen LogP contribution in [0.2, 0.25) is 0 Å². The fraction of sp³-hybridized carbons (Fsp3) is 0.357. The molecule has 0 spiro atoms. The Labute approximate surface area is 116 Å². The zero-order valence-electron chi connectivity index (χ0n) is 10.2. The lowest BCUT2D eigenvalue weighted by Gasteiger charge is -2.21. The molecule has 0 unspecified atom stereocenters. The molecule has 90 valence electrons. The average Bonchev–Trinajstić information content (AvgIpc) is 2.25. The Morgan fingerprint density at radius 2 is 2.12 bits per heavy atom. The molecular formula is C14H15IO2. The Hall–Kier alpha value is -1.02. The highest BCUT2D eigenvalue weighted by Crippen LogP contribution is 2.31. The minimum atomic E-state index is 0.00231. The highest BCUT2D eigenvalue weighted by Gasteiger charge is 2.18. The van der Waals surface area contributed by atoms with Crippen molar-refractivity contribution in [2.24, 2.45) is 0 Å². The summed E-state index contributed by atoms with van der Waals surface area (Å²) in [6.45, 7) is 6.49. The second kappa shape index (κ2) is 5.54. The van der Waals surface area contributed by atoms with Crippen LogP contribution in [-0.2, 0) is 5.41 Å². The molecule has 0 atom stereocenters. The lowest BCUT2D eigenvalue weighted by molar-refractivity contribution is 0.112. The second-order valence-corrected chi connectivity index (χ2v) is 5.90. The third kappa shape index (κ3) is 3.47. The molecule has 0 fully saturated rings. The van der Waals surface area contributed by atoms with Crippen LogP contribution in [0.1, 0.15) is 36.7 Å². The van der Waals surface area contributed by atoms with E-state index in [1.54, 1.807) is 0 Å². The minimum absolute atomic E-state index is 0.00231. The Morgan fingerprint density at radius 3 is 2.59 bits per heavy atom. The zero-order valence-corrected chi connectivity index (χ0v) is 12.4. The zero-order chi connectivity index (χ0) is 13.1. The van der Waals surface area contributed by atoms with E-state index in [1.807, 2.05) is 12.1 Å². The number of carbonyl (C=O) groups excluding carboxylic acids is 1. The van der Waals surface area contributed by atoms with E-state index in [0.717, 1.165) is 15.4 Å². The summed E-state index contributed by atoms with van der Waals surface area (Å²) in [6.07, 6.45) is 5.96.